The Hall–Kier alpha value is -0.803. The first-order chi connectivity index (χ1) is 6.73. The number of aryl methyl sites for hydroxylation is 1. The third kappa shape index (κ3) is 1.83. The normalized spacial score (nSPS) is 26.1. The van der Waals surface area contributed by atoms with Crippen molar-refractivity contribution in [2.45, 2.75) is 25.4 Å². The second-order valence-electron chi connectivity index (χ2n) is 3.90. The maximum atomic E-state index is 6.01. The van der Waals surface area contributed by atoms with E-state index in [0.717, 1.165) is 18.2 Å². The number of rotatable bonds is 1. The van der Waals surface area contributed by atoms with Crippen LogP contribution in [0.15, 0.2) is 24.3 Å². The van der Waals surface area contributed by atoms with E-state index in [1.807, 2.05) is 12.1 Å². The molecule has 1 aliphatic rings. The largest absolute Gasteiger partial charge is 0.520 e. The quantitative estimate of drug-likeness (QED) is 0.661. The molecular formula is C11H16O2Si. The monoisotopic (exact) mass is 208 g/mol. The Labute approximate surface area is 86.1 Å². The van der Waals surface area contributed by atoms with Crippen molar-refractivity contribution in [3.63, 3.8) is 0 Å². The molecule has 1 unspecified atom stereocenters. The molecule has 2 rings (SSSR count). The van der Waals surface area contributed by atoms with Crippen LogP contribution in [0.5, 0.6) is 5.75 Å². The Morgan fingerprint density at radius 3 is 2.93 bits per heavy atom. The van der Waals surface area contributed by atoms with E-state index in [-0.39, 0.29) is 0 Å². The fourth-order valence-corrected chi connectivity index (χ4v) is 3.71. The fourth-order valence-electron chi connectivity index (χ4n) is 1.84. The highest BCUT2D eigenvalue weighted by molar-refractivity contribution is 6.66. The van der Waals surface area contributed by atoms with Gasteiger partial charge in [0.2, 0.25) is 0 Å². The highest BCUT2D eigenvalue weighted by atomic mass is 28.4. The van der Waals surface area contributed by atoms with Gasteiger partial charge in [0.15, 0.2) is 0 Å². The van der Waals surface area contributed by atoms with Gasteiger partial charge in [-0.05, 0) is 31.0 Å². The summed E-state index contributed by atoms with van der Waals surface area (Å²) in [6.07, 6.45) is 2.29. The minimum absolute atomic E-state index is 1.03. The van der Waals surface area contributed by atoms with Gasteiger partial charge in [0.25, 0.3) is 0 Å². The maximum absolute atomic E-state index is 6.01. The Kier molecular flexibility index (Phi) is 2.61. The molecule has 0 radical (unpaired) electrons. The number of fused-ring (bicyclic) bond motifs is 1. The van der Waals surface area contributed by atoms with Gasteiger partial charge in [-0.25, -0.2) is 0 Å². The first kappa shape index (κ1) is 9.74. The Morgan fingerprint density at radius 2 is 2.14 bits per heavy atom. The van der Waals surface area contributed by atoms with E-state index < -0.39 is 8.56 Å². The molecule has 0 aliphatic carbocycles. The van der Waals surface area contributed by atoms with Crippen molar-refractivity contribution in [1.29, 1.82) is 0 Å². The standard InChI is InChI=1S/C11H16O2Si/c1-12-14(2)9-5-7-10-6-3-4-8-11(10)13-14/h3-4,6,8H,5,7,9H2,1-2H3. The van der Waals surface area contributed by atoms with Gasteiger partial charge in [0, 0.05) is 13.2 Å². The molecule has 0 aromatic heterocycles. The number of hydrogen-bond acceptors (Lipinski definition) is 2. The molecule has 0 saturated carbocycles. The van der Waals surface area contributed by atoms with Crippen molar-refractivity contribution in [2.24, 2.45) is 0 Å². The molecule has 1 aromatic rings. The zero-order chi connectivity index (χ0) is 10.0. The van der Waals surface area contributed by atoms with Crippen LogP contribution in [-0.2, 0) is 10.8 Å². The molecule has 0 N–H and O–H groups in total. The fraction of sp³-hybridized carbons (Fsp3) is 0.455. The molecule has 14 heavy (non-hydrogen) atoms. The average Bonchev–Trinajstić information content (AvgIpc) is 2.37. The number of hydrogen-bond donors (Lipinski definition) is 0. The summed E-state index contributed by atoms with van der Waals surface area (Å²) in [4.78, 5) is 0. The number of benzene rings is 1. The summed E-state index contributed by atoms with van der Waals surface area (Å²) in [5, 5.41) is 0. The second-order valence-corrected chi connectivity index (χ2v) is 7.28. The van der Waals surface area contributed by atoms with Gasteiger partial charge >= 0.3 is 8.56 Å². The lowest BCUT2D eigenvalue weighted by atomic mass is 10.1. The van der Waals surface area contributed by atoms with Crippen LogP contribution in [0.2, 0.25) is 12.6 Å². The van der Waals surface area contributed by atoms with Crippen molar-refractivity contribution in [1.82, 2.24) is 0 Å². The van der Waals surface area contributed by atoms with E-state index in [0.29, 0.717) is 0 Å². The number of para-hydroxylation sites is 1. The van der Waals surface area contributed by atoms with Gasteiger partial charge in [0.1, 0.15) is 5.75 Å². The third-order valence-electron chi connectivity index (χ3n) is 2.81. The van der Waals surface area contributed by atoms with Gasteiger partial charge in [-0.2, -0.15) is 0 Å². The average molecular weight is 208 g/mol. The van der Waals surface area contributed by atoms with Crippen LogP contribution in [-0.4, -0.2) is 15.7 Å². The molecule has 76 valence electrons. The summed E-state index contributed by atoms with van der Waals surface area (Å²) >= 11 is 0. The van der Waals surface area contributed by atoms with Gasteiger partial charge in [-0.15, -0.1) is 0 Å². The van der Waals surface area contributed by atoms with E-state index >= 15 is 0 Å². The summed E-state index contributed by atoms with van der Waals surface area (Å²) in [6, 6.07) is 9.36. The van der Waals surface area contributed by atoms with Crippen molar-refractivity contribution in [3.8, 4) is 5.75 Å². The van der Waals surface area contributed by atoms with Crippen molar-refractivity contribution in [2.75, 3.05) is 7.11 Å². The predicted molar refractivity (Wildman–Crippen MR) is 58.8 cm³/mol. The van der Waals surface area contributed by atoms with Crippen molar-refractivity contribution < 1.29 is 8.85 Å². The minimum atomic E-state index is -1.91. The van der Waals surface area contributed by atoms with E-state index in [2.05, 4.69) is 18.7 Å². The summed E-state index contributed by atoms with van der Waals surface area (Å²) in [5.41, 5.74) is 1.32. The Morgan fingerprint density at radius 1 is 1.36 bits per heavy atom. The van der Waals surface area contributed by atoms with E-state index in [4.69, 9.17) is 8.85 Å². The highest BCUT2D eigenvalue weighted by Crippen LogP contribution is 2.30. The zero-order valence-electron chi connectivity index (χ0n) is 8.75. The molecule has 0 fully saturated rings. The van der Waals surface area contributed by atoms with Crippen molar-refractivity contribution in [3.05, 3.63) is 29.8 Å². The lowest BCUT2D eigenvalue weighted by molar-refractivity contribution is 0.307. The van der Waals surface area contributed by atoms with Gasteiger partial charge in [0.05, 0.1) is 0 Å². The van der Waals surface area contributed by atoms with Gasteiger partial charge in [-0.1, -0.05) is 18.2 Å². The first-order valence-corrected chi connectivity index (χ1v) is 7.58. The summed E-state index contributed by atoms with van der Waals surface area (Å²) in [7, 11) is -0.148. The van der Waals surface area contributed by atoms with Crippen LogP contribution in [0.4, 0.5) is 0 Å². The second kappa shape index (κ2) is 3.75. The molecule has 0 spiro atoms. The summed E-state index contributed by atoms with van der Waals surface area (Å²) in [5.74, 6) is 1.03. The van der Waals surface area contributed by atoms with Crippen LogP contribution in [0.25, 0.3) is 0 Å². The minimum Gasteiger partial charge on any atom is -0.520 e. The van der Waals surface area contributed by atoms with Crippen LogP contribution in [0.3, 0.4) is 0 Å². The van der Waals surface area contributed by atoms with E-state index in [9.17, 15) is 0 Å². The Balaban J connectivity index is 2.31. The predicted octanol–water partition coefficient (Wildman–Crippen LogP) is 2.73. The van der Waals surface area contributed by atoms with Crippen LogP contribution in [0.1, 0.15) is 12.0 Å². The molecule has 0 saturated heterocycles. The van der Waals surface area contributed by atoms with Crippen LogP contribution < -0.4 is 4.43 Å². The molecule has 0 bridgehead atoms. The van der Waals surface area contributed by atoms with E-state index in [1.54, 1.807) is 7.11 Å². The SMILES string of the molecule is CO[Si]1(C)CCCc2ccccc2O1. The maximum Gasteiger partial charge on any atom is 0.395 e. The molecule has 1 heterocycles. The molecule has 3 heteroatoms. The first-order valence-electron chi connectivity index (χ1n) is 5.06. The molecule has 2 nitrogen and oxygen atoms in total. The molecular weight excluding hydrogens is 192 g/mol. The van der Waals surface area contributed by atoms with Crippen molar-refractivity contribution >= 4 is 8.56 Å². The Bertz CT molecular complexity index is 327. The van der Waals surface area contributed by atoms with Crippen LogP contribution >= 0.6 is 0 Å². The zero-order valence-corrected chi connectivity index (χ0v) is 9.75. The molecule has 1 aromatic carbocycles. The smallest absolute Gasteiger partial charge is 0.395 e. The van der Waals surface area contributed by atoms with Crippen LogP contribution in [0, 0.1) is 0 Å². The third-order valence-corrected chi connectivity index (χ3v) is 5.58. The van der Waals surface area contributed by atoms with Gasteiger partial charge < -0.3 is 8.85 Å². The van der Waals surface area contributed by atoms with E-state index in [1.165, 1.54) is 12.0 Å². The highest BCUT2D eigenvalue weighted by Gasteiger charge is 2.34. The van der Waals surface area contributed by atoms with Gasteiger partial charge in [-0.3, -0.25) is 0 Å². The lowest BCUT2D eigenvalue weighted by Gasteiger charge is -2.24. The topological polar surface area (TPSA) is 18.5 Å². The summed E-state index contributed by atoms with van der Waals surface area (Å²) < 4.78 is 11.5. The molecule has 1 aliphatic heterocycles. The summed E-state index contributed by atoms with van der Waals surface area (Å²) in [6.45, 7) is 2.13. The molecule has 1 atom stereocenters. The lowest BCUT2D eigenvalue weighted by Crippen LogP contribution is -2.40. The molecule has 0 amide bonds.